The Bertz CT molecular complexity index is 1460. The van der Waals surface area contributed by atoms with Crippen LogP contribution in [0.4, 0.5) is 0 Å². The van der Waals surface area contributed by atoms with Crippen molar-refractivity contribution < 1.29 is 4.42 Å². The quantitative estimate of drug-likeness (QED) is 0.296. The van der Waals surface area contributed by atoms with Crippen LogP contribution in [0.1, 0.15) is 52.7 Å². The summed E-state index contributed by atoms with van der Waals surface area (Å²) in [7, 11) is 0. The molecule has 0 fully saturated rings. The summed E-state index contributed by atoms with van der Waals surface area (Å²) in [5.74, 6) is 7.73. The van der Waals surface area contributed by atoms with Crippen LogP contribution >= 0.6 is 47.0 Å². The van der Waals surface area contributed by atoms with Crippen molar-refractivity contribution in [3.05, 3.63) is 87.8 Å². The molecule has 0 spiro atoms. The topological polar surface area (TPSA) is 38.9 Å². The summed E-state index contributed by atoms with van der Waals surface area (Å²) < 4.78 is 8.69. The predicted octanol–water partition coefficient (Wildman–Crippen LogP) is 9.62. The molecular weight excluding hydrogens is 521 g/mol. The lowest BCUT2D eigenvalue weighted by Crippen LogP contribution is -2.10. The van der Waals surface area contributed by atoms with Crippen LogP contribution in [0, 0.1) is 11.8 Å². The van der Waals surface area contributed by atoms with Crippen LogP contribution in [0.2, 0.25) is 0 Å². The van der Waals surface area contributed by atoms with E-state index in [0.29, 0.717) is 11.8 Å². The van der Waals surface area contributed by atoms with Gasteiger partial charge in [-0.3, -0.25) is 0 Å². The molecule has 0 unspecified atom stereocenters. The summed E-state index contributed by atoms with van der Waals surface area (Å²) in [6.45, 7) is 13.1. The average Bonchev–Trinajstić information content (AvgIpc) is 3.57. The summed E-state index contributed by atoms with van der Waals surface area (Å²) in [4.78, 5) is 5.19. The molecule has 0 amide bonds. The second-order valence-electron chi connectivity index (χ2n) is 9.55. The Hall–Kier alpha value is -2.24. The minimum Gasteiger partial charge on any atom is -0.416 e. The standard InChI is InChI=1S/C29H26N2OS4/c1-17-18(2)34-27(33-17)28-35-19(3)24(36-28)16-9-20-7-10-21(11-8-20)25-30-31-26(32-25)22-12-14-23(15-13-22)29(4,5)6/h7-8,10-15H,1-6H3. The Balaban J connectivity index is 1.27. The van der Waals surface area contributed by atoms with Gasteiger partial charge in [0.25, 0.3) is 0 Å². The molecule has 1 aromatic heterocycles. The van der Waals surface area contributed by atoms with Crippen molar-refractivity contribution in [1.82, 2.24) is 10.2 Å². The van der Waals surface area contributed by atoms with Crippen LogP contribution in [0.3, 0.4) is 0 Å². The van der Waals surface area contributed by atoms with Gasteiger partial charge >= 0.3 is 0 Å². The fraction of sp³-hybridized carbons (Fsp3) is 0.241. The third-order valence-corrected chi connectivity index (χ3v) is 11.5. The number of aromatic nitrogens is 2. The largest absolute Gasteiger partial charge is 0.416 e. The van der Waals surface area contributed by atoms with E-state index >= 15 is 0 Å². The van der Waals surface area contributed by atoms with Crippen LogP contribution in [-0.2, 0) is 5.41 Å². The third-order valence-electron chi connectivity index (χ3n) is 5.79. The molecule has 0 atom stereocenters. The van der Waals surface area contributed by atoms with Crippen molar-refractivity contribution in [2.45, 2.75) is 47.0 Å². The lowest BCUT2D eigenvalue weighted by molar-refractivity contribution is 0.582. The molecule has 2 aliphatic rings. The fourth-order valence-electron chi connectivity index (χ4n) is 3.49. The van der Waals surface area contributed by atoms with E-state index in [4.69, 9.17) is 4.42 Å². The minimum atomic E-state index is 0.108. The first-order valence-corrected chi connectivity index (χ1v) is 14.8. The Morgan fingerprint density at radius 3 is 1.69 bits per heavy atom. The highest BCUT2D eigenvalue weighted by atomic mass is 32.2. The maximum atomic E-state index is 5.97. The van der Waals surface area contributed by atoms with Gasteiger partial charge in [0.2, 0.25) is 11.8 Å². The first-order chi connectivity index (χ1) is 17.2. The molecule has 3 aromatic rings. The van der Waals surface area contributed by atoms with Gasteiger partial charge in [-0.2, -0.15) is 0 Å². The van der Waals surface area contributed by atoms with Gasteiger partial charge in [0.05, 0.1) is 13.4 Å². The third kappa shape index (κ3) is 5.52. The molecule has 0 radical (unpaired) electrons. The molecule has 182 valence electrons. The molecule has 0 aliphatic carbocycles. The van der Waals surface area contributed by atoms with Gasteiger partial charge in [0.15, 0.2) is 0 Å². The van der Waals surface area contributed by atoms with Gasteiger partial charge in [-0.1, -0.05) is 91.8 Å². The summed E-state index contributed by atoms with van der Waals surface area (Å²) in [5.41, 5.74) is 4.14. The van der Waals surface area contributed by atoms with Crippen molar-refractivity contribution >= 4 is 47.0 Å². The molecule has 0 saturated carbocycles. The summed E-state index contributed by atoms with van der Waals surface area (Å²) >= 11 is 7.38. The first-order valence-electron chi connectivity index (χ1n) is 11.6. The Morgan fingerprint density at radius 2 is 1.14 bits per heavy atom. The summed E-state index contributed by atoms with van der Waals surface area (Å²) in [6.07, 6.45) is 0. The monoisotopic (exact) mass is 546 g/mol. The molecule has 2 aromatic carbocycles. The summed E-state index contributed by atoms with van der Waals surface area (Å²) in [6, 6.07) is 16.3. The van der Waals surface area contributed by atoms with E-state index in [2.05, 4.69) is 75.7 Å². The van der Waals surface area contributed by atoms with Crippen molar-refractivity contribution in [2.24, 2.45) is 0 Å². The Labute approximate surface area is 230 Å². The molecular formula is C29H26N2OS4. The molecule has 0 saturated heterocycles. The molecule has 36 heavy (non-hydrogen) atoms. The number of nitrogens with zero attached hydrogens (tertiary/aromatic N) is 2. The van der Waals surface area contributed by atoms with Gasteiger partial charge in [0, 0.05) is 21.6 Å². The zero-order valence-corrected chi connectivity index (χ0v) is 24.3. The lowest BCUT2D eigenvalue weighted by Gasteiger charge is -2.18. The van der Waals surface area contributed by atoms with Crippen LogP contribution < -0.4 is 0 Å². The van der Waals surface area contributed by atoms with E-state index in [1.165, 1.54) is 28.8 Å². The SMILES string of the molecule is CC1=C(C)SC(=C2SC(C)=C(C#Cc3ccc(-c4nnc(-c5ccc(C(C)(C)C)cc5)o4)cc3)S2)S1. The van der Waals surface area contributed by atoms with Crippen molar-refractivity contribution in [2.75, 3.05) is 0 Å². The van der Waals surface area contributed by atoms with Crippen LogP contribution in [0.15, 0.2) is 81.0 Å². The number of hydrogen-bond acceptors (Lipinski definition) is 7. The van der Waals surface area contributed by atoms with Gasteiger partial charge in [-0.25, -0.2) is 0 Å². The van der Waals surface area contributed by atoms with Crippen LogP contribution in [0.5, 0.6) is 0 Å². The van der Waals surface area contributed by atoms with E-state index in [-0.39, 0.29) is 5.41 Å². The smallest absolute Gasteiger partial charge is 0.248 e. The lowest BCUT2D eigenvalue weighted by atomic mass is 9.87. The molecule has 0 bridgehead atoms. The van der Waals surface area contributed by atoms with E-state index < -0.39 is 0 Å². The number of thioether (sulfide) groups is 4. The van der Waals surface area contributed by atoms with E-state index in [0.717, 1.165) is 21.6 Å². The van der Waals surface area contributed by atoms with Crippen LogP contribution in [-0.4, -0.2) is 10.2 Å². The van der Waals surface area contributed by atoms with Crippen molar-refractivity contribution in [3.8, 4) is 34.7 Å². The van der Waals surface area contributed by atoms with Crippen molar-refractivity contribution in [3.63, 3.8) is 0 Å². The molecule has 3 heterocycles. The average molecular weight is 547 g/mol. The Morgan fingerprint density at radius 1 is 0.639 bits per heavy atom. The zero-order chi connectivity index (χ0) is 25.4. The predicted molar refractivity (Wildman–Crippen MR) is 159 cm³/mol. The number of benzene rings is 2. The maximum absolute atomic E-state index is 5.97. The van der Waals surface area contributed by atoms with Crippen molar-refractivity contribution in [1.29, 1.82) is 0 Å². The maximum Gasteiger partial charge on any atom is 0.248 e. The highest BCUT2D eigenvalue weighted by Crippen LogP contribution is 2.59. The number of allylic oxidation sites excluding steroid dienone is 4. The molecule has 5 rings (SSSR count). The molecule has 0 N–H and O–H groups in total. The summed E-state index contributed by atoms with van der Waals surface area (Å²) in [5, 5.41) is 8.52. The Kier molecular flexibility index (Phi) is 7.24. The second-order valence-corrected chi connectivity index (χ2v) is 14.8. The van der Waals surface area contributed by atoms with E-state index in [1.807, 2.05) is 71.7 Å². The molecule has 3 nitrogen and oxygen atoms in total. The molecule has 7 heteroatoms. The van der Waals surface area contributed by atoms with Gasteiger partial charge < -0.3 is 4.42 Å². The number of hydrogen-bond donors (Lipinski definition) is 0. The second kappa shape index (κ2) is 10.3. The van der Waals surface area contributed by atoms with Crippen LogP contribution in [0.25, 0.3) is 22.9 Å². The van der Waals surface area contributed by atoms with Gasteiger partial charge in [-0.15, -0.1) is 10.2 Å². The fourth-order valence-corrected chi connectivity index (χ4v) is 8.73. The van der Waals surface area contributed by atoms with Gasteiger partial charge in [-0.05, 0) is 78.0 Å². The minimum absolute atomic E-state index is 0.108. The molecule has 2 aliphatic heterocycles. The van der Waals surface area contributed by atoms with E-state index in [9.17, 15) is 0 Å². The normalized spacial score (nSPS) is 16.2. The highest BCUT2D eigenvalue weighted by Gasteiger charge is 2.25. The zero-order valence-electron chi connectivity index (χ0n) is 21.1. The first kappa shape index (κ1) is 25.4. The number of rotatable bonds is 2. The van der Waals surface area contributed by atoms with Gasteiger partial charge in [0.1, 0.15) is 0 Å². The highest BCUT2D eigenvalue weighted by molar-refractivity contribution is 8.34. The van der Waals surface area contributed by atoms with E-state index in [1.54, 1.807) is 11.8 Å².